The van der Waals surface area contributed by atoms with Crippen LogP contribution in [0.4, 0.5) is 0 Å². The van der Waals surface area contributed by atoms with Gasteiger partial charge >= 0.3 is 0 Å². The maximum Gasteiger partial charge on any atom is 0.300 e. The fourth-order valence-electron chi connectivity index (χ4n) is 1.10. The summed E-state index contributed by atoms with van der Waals surface area (Å²) in [6, 6.07) is 3.55. The largest absolute Gasteiger partial charge is 0.506 e. The van der Waals surface area contributed by atoms with Gasteiger partial charge in [-0.1, -0.05) is 11.6 Å². The quantitative estimate of drug-likeness (QED) is 0.698. The number of carbonyl (C=O) groups is 1. The predicted octanol–water partition coefficient (Wildman–Crippen LogP) is 3.38. The number of H-pyrrole nitrogens is 1. The van der Waals surface area contributed by atoms with E-state index in [1.165, 1.54) is 6.20 Å². The van der Waals surface area contributed by atoms with Crippen LogP contribution in [0.2, 0.25) is 5.02 Å². The van der Waals surface area contributed by atoms with E-state index in [-0.39, 0.29) is 5.75 Å². The fraction of sp³-hybridized carbons (Fsp3) is 0.100. The molecule has 0 aliphatic carbocycles. The van der Waals surface area contributed by atoms with Gasteiger partial charge in [0.1, 0.15) is 5.75 Å². The third-order valence-corrected chi connectivity index (χ3v) is 2.90. The Hall–Kier alpha value is -1.20. The van der Waals surface area contributed by atoms with Crippen LogP contribution in [0.25, 0.3) is 10.9 Å². The Balaban J connectivity index is 0.000000280. The zero-order valence-electron chi connectivity index (χ0n) is 8.29. The molecule has 3 N–H and O–H groups in total. The SMILES string of the molecule is CC(=O)O.Oc1c[nH]c2cc(Cl)c(Br)cc12. The molecule has 1 heterocycles. The van der Waals surface area contributed by atoms with Gasteiger partial charge in [-0.2, -0.15) is 0 Å². The number of halogens is 2. The van der Waals surface area contributed by atoms with Crippen molar-refractivity contribution in [2.75, 3.05) is 0 Å². The second kappa shape index (κ2) is 5.23. The number of carboxylic acid groups (broad SMARTS) is 1. The standard InChI is InChI=1S/C8H5BrClNO.C2H4O2/c9-5-1-4-7(2-6(5)10)11-3-8(4)12;1-2(3)4/h1-3,11-12H;1H3,(H,3,4). The molecule has 1 aromatic heterocycles. The molecule has 4 nitrogen and oxygen atoms in total. The van der Waals surface area contributed by atoms with E-state index >= 15 is 0 Å². The summed E-state index contributed by atoms with van der Waals surface area (Å²) < 4.78 is 0.784. The molecular weight excluding hydrogens is 297 g/mol. The first-order chi connectivity index (χ1) is 7.41. The topological polar surface area (TPSA) is 73.3 Å². The summed E-state index contributed by atoms with van der Waals surface area (Å²) in [5.41, 5.74) is 0.834. The molecule has 2 rings (SSSR count). The highest BCUT2D eigenvalue weighted by molar-refractivity contribution is 9.10. The summed E-state index contributed by atoms with van der Waals surface area (Å²) >= 11 is 9.13. The molecule has 0 amide bonds. The molecule has 1 aromatic carbocycles. The fourth-order valence-corrected chi connectivity index (χ4v) is 1.61. The molecule has 16 heavy (non-hydrogen) atoms. The number of rotatable bonds is 0. The molecule has 0 bridgehead atoms. The lowest BCUT2D eigenvalue weighted by Crippen LogP contribution is -1.78. The van der Waals surface area contributed by atoms with E-state index in [1.807, 2.05) is 0 Å². The van der Waals surface area contributed by atoms with Crippen molar-refractivity contribution < 1.29 is 15.0 Å². The maximum atomic E-state index is 9.33. The molecule has 6 heteroatoms. The number of aromatic nitrogens is 1. The second-order valence-corrected chi connectivity index (χ2v) is 4.27. The molecule has 2 aromatic rings. The second-order valence-electron chi connectivity index (χ2n) is 3.00. The third-order valence-electron chi connectivity index (χ3n) is 1.70. The zero-order valence-corrected chi connectivity index (χ0v) is 10.6. The molecule has 0 aliphatic heterocycles. The van der Waals surface area contributed by atoms with Crippen molar-refractivity contribution in [1.29, 1.82) is 0 Å². The van der Waals surface area contributed by atoms with Gasteiger partial charge in [0.15, 0.2) is 0 Å². The van der Waals surface area contributed by atoms with Crippen LogP contribution in [0, 0.1) is 0 Å². The summed E-state index contributed by atoms with van der Waals surface area (Å²) in [6.07, 6.45) is 1.54. The highest BCUT2D eigenvalue weighted by atomic mass is 79.9. The number of fused-ring (bicyclic) bond motifs is 1. The van der Waals surface area contributed by atoms with E-state index < -0.39 is 5.97 Å². The molecule has 0 atom stereocenters. The number of aromatic hydroxyl groups is 1. The highest BCUT2D eigenvalue weighted by Gasteiger charge is 2.04. The Bertz CT molecular complexity index is 520. The van der Waals surface area contributed by atoms with Gasteiger partial charge in [-0.3, -0.25) is 4.79 Å². The summed E-state index contributed by atoms with van der Waals surface area (Å²) in [6.45, 7) is 1.08. The lowest BCUT2D eigenvalue weighted by molar-refractivity contribution is -0.134. The van der Waals surface area contributed by atoms with Crippen molar-refractivity contribution in [3.8, 4) is 5.75 Å². The van der Waals surface area contributed by atoms with E-state index in [9.17, 15) is 5.11 Å². The van der Waals surface area contributed by atoms with Crippen LogP contribution in [-0.2, 0) is 4.79 Å². The average molecular weight is 307 g/mol. The summed E-state index contributed by atoms with van der Waals surface area (Å²) in [7, 11) is 0. The number of carboxylic acids is 1. The molecule has 0 radical (unpaired) electrons. The number of aromatic amines is 1. The lowest BCUT2D eigenvalue weighted by Gasteiger charge is -1.95. The van der Waals surface area contributed by atoms with Gasteiger partial charge in [0.25, 0.3) is 5.97 Å². The minimum atomic E-state index is -0.833. The van der Waals surface area contributed by atoms with E-state index in [0.717, 1.165) is 22.3 Å². The molecule has 0 aliphatic rings. The van der Waals surface area contributed by atoms with Crippen LogP contribution < -0.4 is 0 Å². The predicted molar refractivity (Wildman–Crippen MR) is 66.0 cm³/mol. The highest BCUT2D eigenvalue weighted by Crippen LogP contribution is 2.32. The summed E-state index contributed by atoms with van der Waals surface area (Å²) in [5, 5.41) is 18.1. The van der Waals surface area contributed by atoms with Crippen LogP contribution in [0.5, 0.6) is 5.75 Å². The third kappa shape index (κ3) is 3.15. The van der Waals surface area contributed by atoms with Gasteiger partial charge in [-0.15, -0.1) is 0 Å². The first-order valence-corrected chi connectivity index (χ1v) is 5.43. The van der Waals surface area contributed by atoms with Gasteiger partial charge in [-0.05, 0) is 28.1 Å². The number of hydrogen-bond donors (Lipinski definition) is 3. The number of hydrogen-bond acceptors (Lipinski definition) is 2. The van der Waals surface area contributed by atoms with Crippen molar-refractivity contribution in [2.45, 2.75) is 6.92 Å². The summed E-state index contributed by atoms with van der Waals surface area (Å²) in [5.74, 6) is -0.595. The minimum Gasteiger partial charge on any atom is -0.506 e. The van der Waals surface area contributed by atoms with Gasteiger partial charge in [0.05, 0.1) is 10.5 Å². The van der Waals surface area contributed by atoms with Crippen molar-refractivity contribution in [2.24, 2.45) is 0 Å². The zero-order chi connectivity index (χ0) is 12.3. The normalized spacial score (nSPS) is 9.69. The van der Waals surface area contributed by atoms with Crippen molar-refractivity contribution in [1.82, 2.24) is 4.98 Å². The Labute approximate surface area is 105 Å². The number of benzene rings is 1. The average Bonchev–Trinajstić information content (AvgIpc) is 2.49. The van der Waals surface area contributed by atoms with Gasteiger partial charge < -0.3 is 15.2 Å². The van der Waals surface area contributed by atoms with Crippen LogP contribution >= 0.6 is 27.5 Å². The molecule has 86 valence electrons. The molecule has 0 fully saturated rings. The molecule has 0 saturated heterocycles. The Morgan fingerprint density at radius 2 is 2.06 bits per heavy atom. The van der Waals surface area contributed by atoms with E-state index in [2.05, 4.69) is 20.9 Å². The van der Waals surface area contributed by atoms with Crippen molar-refractivity contribution in [3.05, 3.63) is 27.8 Å². The molecule has 0 spiro atoms. The van der Waals surface area contributed by atoms with Crippen LogP contribution in [0.15, 0.2) is 22.8 Å². The van der Waals surface area contributed by atoms with E-state index in [4.69, 9.17) is 21.5 Å². The lowest BCUT2D eigenvalue weighted by atomic mass is 10.2. The van der Waals surface area contributed by atoms with E-state index in [0.29, 0.717) is 5.02 Å². The minimum absolute atomic E-state index is 0.238. The Morgan fingerprint density at radius 1 is 1.50 bits per heavy atom. The first-order valence-electron chi connectivity index (χ1n) is 4.26. The summed E-state index contributed by atoms with van der Waals surface area (Å²) in [4.78, 5) is 11.9. The van der Waals surface area contributed by atoms with Crippen LogP contribution in [-0.4, -0.2) is 21.2 Å². The monoisotopic (exact) mass is 305 g/mol. The van der Waals surface area contributed by atoms with Crippen LogP contribution in [0.1, 0.15) is 6.92 Å². The van der Waals surface area contributed by atoms with Gasteiger partial charge in [-0.25, -0.2) is 0 Å². The molecular formula is C10H9BrClNO3. The van der Waals surface area contributed by atoms with Crippen LogP contribution in [0.3, 0.4) is 0 Å². The number of aliphatic carboxylic acids is 1. The van der Waals surface area contributed by atoms with Gasteiger partial charge in [0, 0.05) is 23.0 Å². The van der Waals surface area contributed by atoms with Crippen molar-refractivity contribution >= 4 is 44.4 Å². The molecule has 0 unspecified atom stereocenters. The number of nitrogens with one attached hydrogen (secondary N) is 1. The maximum absolute atomic E-state index is 9.33. The van der Waals surface area contributed by atoms with Crippen molar-refractivity contribution in [3.63, 3.8) is 0 Å². The van der Waals surface area contributed by atoms with Gasteiger partial charge in [0.2, 0.25) is 0 Å². The first kappa shape index (κ1) is 12.9. The Kier molecular flexibility index (Phi) is 4.20. The smallest absolute Gasteiger partial charge is 0.300 e. The Morgan fingerprint density at radius 3 is 2.62 bits per heavy atom. The molecule has 0 saturated carbocycles. The van der Waals surface area contributed by atoms with E-state index in [1.54, 1.807) is 12.1 Å².